The van der Waals surface area contributed by atoms with Crippen molar-refractivity contribution in [1.29, 1.82) is 0 Å². The van der Waals surface area contributed by atoms with E-state index in [1.54, 1.807) is 6.20 Å². The summed E-state index contributed by atoms with van der Waals surface area (Å²) in [5, 5.41) is 12.4. The van der Waals surface area contributed by atoms with Crippen LogP contribution in [-0.4, -0.2) is 40.2 Å². The number of nitrogens with one attached hydrogen (secondary N) is 2. The standard InChI is InChI=1S/C31H37N5O3/c1-19-6-7-21(14-22(19)16-36-17-23-15-32-13-10-26(23)39-30(3,4)18-36)27(31(11-12-31)29(37)38)24-8-9-25-28(20(24)2)33-34-35(25)5/h6-10,13-15,27,33-34H,11-12,16-18H2,1-5H3,(H,37,38). The molecule has 0 radical (unpaired) electrons. The van der Waals surface area contributed by atoms with Gasteiger partial charge in [-0.25, -0.2) is 0 Å². The highest BCUT2D eigenvalue weighted by atomic mass is 16.5. The Morgan fingerprint density at radius 3 is 2.72 bits per heavy atom. The SMILES string of the molecule is Cc1ccc(C(c2ccc3c(c2C)NNN3C)C2(C(=O)O)CC2)cc1CN1Cc2cnccc2OC(C)(C)C1. The van der Waals surface area contributed by atoms with Crippen LogP contribution in [0.4, 0.5) is 11.4 Å². The maximum atomic E-state index is 12.7. The predicted octanol–water partition coefficient (Wildman–Crippen LogP) is 5.15. The monoisotopic (exact) mass is 527 g/mol. The van der Waals surface area contributed by atoms with E-state index in [0.29, 0.717) is 12.8 Å². The minimum atomic E-state index is -0.785. The van der Waals surface area contributed by atoms with Crippen LogP contribution in [0.1, 0.15) is 66.0 Å². The number of carboxylic acid groups (broad SMARTS) is 1. The third-order valence-electron chi connectivity index (χ3n) is 8.62. The van der Waals surface area contributed by atoms with Gasteiger partial charge in [0.2, 0.25) is 0 Å². The Hall–Kier alpha value is -3.62. The lowest BCUT2D eigenvalue weighted by Gasteiger charge is -2.31. The van der Waals surface area contributed by atoms with Crippen LogP contribution >= 0.6 is 0 Å². The Bertz CT molecular complexity index is 1450. The van der Waals surface area contributed by atoms with Gasteiger partial charge in [-0.3, -0.25) is 19.7 Å². The Morgan fingerprint density at radius 2 is 1.97 bits per heavy atom. The number of anilines is 2. The first kappa shape index (κ1) is 25.6. The van der Waals surface area contributed by atoms with Crippen molar-refractivity contribution in [1.82, 2.24) is 15.4 Å². The van der Waals surface area contributed by atoms with Crippen molar-refractivity contribution in [3.05, 3.63) is 82.2 Å². The van der Waals surface area contributed by atoms with Gasteiger partial charge >= 0.3 is 5.97 Å². The van der Waals surface area contributed by atoms with Crippen molar-refractivity contribution in [2.75, 3.05) is 24.0 Å². The van der Waals surface area contributed by atoms with Gasteiger partial charge in [-0.1, -0.05) is 24.3 Å². The number of pyridine rings is 1. The molecular formula is C31H37N5O3. The van der Waals surface area contributed by atoms with Gasteiger partial charge in [-0.2, -0.15) is 0 Å². The second kappa shape index (κ2) is 9.24. The fourth-order valence-corrected chi connectivity index (χ4v) is 6.41. The summed E-state index contributed by atoms with van der Waals surface area (Å²) in [7, 11) is 1.96. The molecule has 1 fully saturated rings. The van der Waals surface area contributed by atoms with E-state index < -0.39 is 11.4 Å². The van der Waals surface area contributed by atoms with Crippen LogP contribution in [0.3, 0.4) is 0 Å². The van der Waals surface area contributed by atoms with Crippen LogP contribution < -0.4 is 20.7 Å². The van der Waals surface area contributed by atoms with Crippen molar-refractivity contribution >= 4 is 17.3 Å². The van der Waals surface area contributed by atoms with E-state index in [0.717, 1.165) is 59.0 Å². The number of hydrazine groups is 2. The lowest BCUT2D eigenvalue weighted by atomic mass is 9.75. The van der Waals surface area contributed by atoms with E-state index in [4.69, 9.17) is 4.74 Å². The summed E-state index contributed by atoms with van der Waals surface area (Å²) in [6.07, 6.45) is 5.03. The summed E-state index contributed by atoms with van der Waals surface area (Å²) >= 11 is 0. The third kappa shape index (κ3) is 4.51. The van der Waals surface area contributed by atoms with Gasteiger partial charge in [0.05, 0.1) is 16.8 Å². The molecule has 0 spiro atoms. The first-order valence-corrected chi connectivity index (χ1v) is 13.6. The van der Waals surface area contributed by atoms with E-state index in [1.165, 1.54) is 11.1 Å². The van der Waals surface area contributed by atoms with Crippen LogP contribution in [0.15, 0.2) is 48.8 Å². The molecule has 1 atom stereocenters. The number of benzene rings is 2. The molecule has 1 saturated carbocycles. The number of hydrogen-bond acceptors (Lipinski definition) is 7. The molecule has 1 unspecified atom stereocenters. The molecular weight excluding hydrogens is 490 g/mol. The van der Waals surface area contributed by atoms with Crippen LogP contribution in [0.5, 0.6) is 5.75 Å². The Labute approximate surface area is 229 Å². The molecule has 2 aromatic carbocycles. The maximum Gasteiger partial charge on any atom is 0.310 e. The lowest BCUT2D eigenvalue weighted by molar-refractivity contribution is -0.143. The molecule has 2 aliphatic heterocycles. The summed E-state index contributed by atoms with van der Waals surface area (Å²) in [4.78, 5) is 19.4. The zero-order valence-corrected chi connectivity index (χ0v) is 23.3. The molecule has 6 rings (SSSR count). The lowest BCUT2D eigenvalue weighted by Crippen LogP contribution is -2.40. The van der Waals surface area contributed by atoms with Crippen LogP contribution in [0.2, 0.25) is 0 Å². The molecule has 0 bridgehead atoms. The summed E-state index contributed by atoms with van der Waals surface area (Å²) in [5.41, 5.74) is 14.0. The van der Waals surface area contributed by atoms with Crippen molar-refractivity contribution in [3.8, 4) is 5.75 Å². The topological polar surface area (TPSA) is 90.0 Å². The fraction of sp³-hybridized carbons (Fsp3) is 0.419. The molecule has 3 N–H and O–H groups in total. The van der Waals surface area contributed by atoms with Gasteiger partial charge in [0, 0.05) is 50.6 Å². The smallest absolute Gasteiger partial charge is 0.310 e. The average Bonchev–Trinajstić information content (AvgIpc) is 3.62. The first-order chi connectivity index (χ1) is 18.6. The predicted molar refractivity (Wildman–Crippen MR) is 152 cm³/mol. The van der Waals surface area contributed by atoms with Gasteiger partial charge < -0.3 is 15.3 Å². The second-order valence-corrected chi connectivity index (χ2v) is 12.0. The number of nitrogens with zero attached hydrogens (tertiary/aromatic N) is 3. The van der Waals surface area contributed by atoms with E-state index in [2.05, 4.69) is 78.9 Å². The average molecular weight is 528 g/mol. The molecule has 1 aliphatic carbocycles. The molecule has 3 aliphatic rings. The summed E-state index contributed by atoms with van der Waals surface area (Å²) in [6.45, 7) is 10.7. The van der Waals surface area contributed by atoms with Crippen molar-refractivity contribution in [2.24, 2.45) is 5.41 Å². The number of rotatable bonds is 6. The maximum absolute atomic E-state index is 12.7. The highest BCUT2D eigenvalue weighted by Gasteiger charge is 2.57. The number of carboxylic acids is 1. The van der Waals surface area contributed by atoms with Crippen LogP contribution in [0, 0.1) is 19.3 Å². The first-order valence-electron chi connectivity index (χ1n) is 13.6. The van der Waals surface area contributed by atoms with Crippen molar-refractivity contribution in [3.63, 3.8) is 0 Å². The molecule has 0 amide bonds. The van der Waals surface area contributed by atoms with E-state index in [-0.39, 0.29) is 11.5 Å². The highest BCUT2D eigenvalue weighted by molar-refractivity contribution is 5.83. The molecule has 0 saturated heterocycles. The third-order valence-corrected chi connectivity index (χ3v) is 8.62. The van der Waals surface area contributed by atoms with Gasteiger partial charge in [0.15, 0.2) is 0 Å². The van der Waals surface area contributed by atoms with Crippen molar-refractivity contribution < 1.29 is 14.6 Å². The summed E-state index contributed by atoms with van der Waals surface area (Å²) < 4.78 is 6.34. The molecule has 39 heavy (non-hydrogen) atoms. The normalized spacial score (nSPS) is 19.8. The quantitative estimate of drug-likeness (QED) is 0.406. The van der Waals surface area contributed by atoms with E-state index >= 15 is 0 Å². The minimum Gasteiger partial charge on any atom is -0.486 e. The van der Waals surface area contributed by atoms with Crippen molar-refractivity contribution in [2.45, 2.75) is 65.1 Å². The van der Waals surface area contributed by atoms with Gasteiger partial charge in [0.25, 0.3) is 0 Å². The Balaban J connectivity index is 1.39. The van der Waals surface area contributed by atoms with Gasteiger partial charge in [-0.15, -0.1) is 5.53 Å². The van der Waals surface area contributed by atoms with Gasteiger partial charge in [0.1, 0.15) is 11.4 Å². The van der Waals surface area contributed by atoms with Gasteiger partial charge in [-0.05, 0) is 80.5 Å². The fourth-order valence-electron chi connectivity index (χ4n) is 6.41. The zero-order valence-electron chi connectivity index (χ0n) is 23.3. The van der Waals surface area contributed by atoms with Crippen LogP contribution in [-0.2, 0) is 17.9 Å². The molecule has 8 heteroatoms. The summed E-state index contributed by atoms with van der Waals surface area (Å²) in [6, 6.07) is 12.7. The number of ether oxygens (including phenoxy) is 1. The number of aliphatic carboxylic acids is 1. The Morgan fingerprint density at radius 1 is 1.18 bits per heavy atom. The molecule has 8 nitrogen and oxygen atoms in total. The highest BCUT2D eigenvalue weighted by Crippen LogP contribution is 2.60. The molecule has 3 heterocycles. The number of aromatic nitrogens is 1. The summed E-state index contributed by atoms with van der Waals surface area (Å²) in [5.74, 6) is -0.0598. The number of carbonyl (C=O) groups is 1. The largest absolute Gasteiger partial charge is 0.486 e. The number of fused-ring (bicyclic) bond motifs is 2. The Kier molecular flexibility index (Phi) is 6.08. The van der Waals surface area contributed by atoms with E-state index in [1.807, 2.05) is 24.3 Å². The minimum absolute atomic E-state index is 0.235. The number of aryl methyl sites for hydroxylation is 1. The van der Waals surface area contributed by atoms with Crippen LogP contribution in [0.25, 0.3) is 0 Å². The molecule has 204 valence electrons. The molecule has 1 aromatic heterocycles. The number of hydrogen-bond donors (Lipinski definition) is 3. The zero-order chi connectivity index (χ0) is 27.5. The van der Waals surface area contributed by atoms with E-state index in [9.17, 15) is 9.90 Å². The molecule has 3 aromatic rings. The second-order valence-electron chi connectivity index (χ2n) is 12.0.